The Kier molecular flexibility index (Phi) is 5.44. The maximum atomic E-state index is 11.7. The van der Waals surface area contributed by atoms with Crippen molar-refractivity contribution in [2.45, 2.75) is 32.5 Å². The van der Waals surface area contributed by atoms with Crippen molar-refractivity contribution in [2.24, 2.45) is 0 Å². The van der Waals surface area contributed by atoms with E-state index in [4.69, 9.17) is 4.74 Å². The third kappa shape index (κ3) is 4.33. The van der Waals surface area contributed by atoms with Crippen molar-refractivity contribution in [3.8, 4) is 0 Å². The molecule has 0 saturated carbocycles. The van der Waals surface area contributed by atoms with Gasteiger partial charge < -0.3 is 4.74 Å². The number of cyclic esters (lactones) is 1. The summed E-state index contributed by atoms with van der Waals surface area (Å²) in [5, 5.41) is 0. The van der Waals surface area contributed by atoms with Crippen LogP contribution < -0.4 is 0 Å². The average molecular weight is 321 g/mol. The number of hydrogen-bond acceptors (Lipinski definition) is 3. The fraction of sp³-hybridized carbons (Fsp3) is 0.286. The van der Waals surface area contributed by atoms with Crippen LogP contribution in [0.2, 0.25) is 0 Å². The number of esters is 1. The Morgan fingerprint density at radius 1 is 1.00 bits per heavy atom. The second-order valence-electron chi connectivity index (χ2n) is 6.19. The second kappa shape index (κ2) is 7.93. The van der Waals surface area contributed by atoms with Crippen LogP contribution in [0.4, 0.5) is 0 Å². The molecule has 0 unspecified atom stereocenters. The van der Waals surface area contributed by atoms with E-state index >= 15 is 0 Å². The molecule has 124 valence electrons. The van der Waals surface area contributed by atoms with Crippen molar-refractivity contribution in [3.63, 3.8) is 0 Å². The van der Waals surface area contributed by atoms with Gasteiger partial charge in [-0.2, -0.15) is 0 Å². The lowest BCUT2D eigenvalue weighted by Gasteiger charge is -2.27. The van der Waals surface area contributed by atoms with Gasteiger partial charge in [-0.1, -0.05) is 66.7 Å². The fourth-order valence-electron chi connectivity index (χ4n) is 2.98. The highest BCUT2D eigenvalue weighted by Gasteiger charge is 2.21. The van der Waals surface area contributed by atoms with Gasteiger partial charge in [0.1, 0.15) is 0 Å². The van der Waals surface area contributed by atoms with Crippen molar-refractivity contribution < 1.29 is 9.53 Å². The topological polar surface area (TPSA) is 29.5 Å². The highest BCUT2D eigenvalue weighted by Crippen LogP contribution is 2.19. The van der Waals surface area contributed by atoms with Crippen LogP contribution in [0, 0.1) is 0 Å². The molecule has 1 fully saturated rings. The monoisotopic (exact) mass is 321 g/mol. The van der Waals surface area contributed by atoms with E-state index in [2.05, 4.69) is 66.4 Å². The number of carbonyl (C=O) groups excluding carboxylic acids is 1. The summed E-state index contributed by atoms with van der Waals surface area (Å²) in [5.41, 5.74) is 3.34. The van der Waals surface area contributed by atoms with E-state index in [1.54, 1.807) is 0 Å². The highest BCUT2D eigenvalue weighted by molar-refractivity contribution is 5.90. The maximum Gasteiger partial charge on any atom is 0.333 e. The van der Waals surface area contributed by atoms with Crippen molar-refractivity contribution in [2.75, 3.05) is 6.61 Å². The average Bonchev–Trinajstić information content (AvgIpc) is 3.01. The number of carbonyl (C=O) groups is 1. The molecule has 3 nitrogen and oxygen atoms in total. The molecule has 0 radical (unpaired) electrons. The minimum atomic E-state index is -0.166. The SMILES string of the molecule is C[C@@H](/C=C1\CCOC1=O)N(Cc1ccccc1)Cc1ccccc1. The van der Waals surface area contributed by atoms with E-state index in [0.29, 0.717) is 13.0 Å². The second-order valence-corrected chi connectivity index (χ2v) is 6.19. The molecule has 0 N–H and O–H groups in total. The number of rotatable bonds is 6. The van der Waals surface area contributed by atoms with Crippen LogP contribution in [-0.4, -0.2) is 23.5 Å². The number of nitrogens with zero attached hydrogens (tertiary/aromatic N) is 1. The van der Waals surface area contributed by atoms with Gasteiger partial charge in [-0.05, 0) is 18.1 Å². The molecule has 3 heteroatoms. The molecule has 3 rings (SSSR count). The van der Waals surface area contributed by atoms with Crippen molar-refractivity contribution >= 4 is 5.97 Å². The molecule has 1 saturated heterocycles. The molecule has 0 amide bonds. The molecule has 24 heavy (non-hydrogen) atoms. The Morgan fingerprint density at radius 3 is 2.00 bits per heavy atom. The zero-order valence-electron chi connectivity index (χ0n) is 14.0. The van der Waals surface area contributed by atoms with Crippen LogP contribution in [0.1, 0.15) is 24.5 Å². The highest BCUT2D eigenvalue weighted by atomic mass is 16.5. The van der Waals surface area contributed by atoms with Crippen LogP contribution in [0.5, 0.6) is 0 Å². The quantitative estimate of drug-likeness (QED) is 0.596. The van der Waals surface area contributed by atoms with E-state index in [1.165, 1.54) is 11.1 Å². The molecule has 2 aromatic carbocycles. The summed E-state index contributed by atoms with van der Waals surface area (Å²) >= 11 is 0. The molecule has 1 aliphatic rings. The molecule has 1 heterocycles. The van der Waals surface area contributed by atoms with E-state index in [0.717, 1.165) is 18.7 Å². The Hall–Kier alpha value is -2.39. The lowest BCUT2D eigenvalue weighted by atomic mass is 10.1. The fourth-order valence-corrected chi connectivity index (χ4v) is 2.98. The minimum absolute atomic E-state index is 0.158. The summed E-state index contributed by atoms with van der Waals surface area (Å²) < 4.78 is 5.06. The molecule has 0 aromatic heterocycles. The van der Waals surface area contributed by atoms with Gasteiger partial charge in [-0.25, -0.2) is 4.79 Å². The van der Waals surface area contributed by atoms with Gasteiger partial charge in [0.05, 0.1) is 6.61 Å². The van der Waals surface area contributed by atoms with Crippen LogP contribution in [0.25, 0.3) is 0 Å². The lowest BCUT2D eigenvalue weighted by molar-refractivity contribution is -0.135. The van der Waals surface area contributed by atoms with E-state index < -0.39 is 0 Å². The van der Waals surface area contributed by atoms with E-state index in [9.17, 15) is 4.79 Å². The van der Waals surface area contributed by atoms with Crippen molar-refractivity contribution in [1.29, 1.82) is 0 Å². The molecule has 1 aliphatic heterocycles. The Labute approximate surface area is 143 Å². The van der Waals surface area contributed by atoms with Gasteiger partial charge in [0.15, 0.2) is 0 Å². The molecular weight excluding hydrogens is 298 g/mol. The van der Waals surface area contributed by atoms with Crippen LogP contribution in [0.3, 0.4) is 0 Å². The van der Waals surface area contributed by atoms with Crippen molar-refractivity contribution in [1.82, 2.24) is 4.90 Å². The Morgan fingerprint density at radius 2 is 1.54 bits per heavy atom. The third-order valence-electron chi connectivity index (χ3n) is 4.34. The van der Waals surface area contributed by atoms with E-state index in [-0.39, 0.29) is 12.0 Å². The van der Waals surface area contributed by atoms with Gasteiger partial charge in [0.25, 0.3) is 0 Å². The van der Waals surface area contributed by atoms with Gasteiger partial charge >= 0.3 is 5.97 Å². The Bertz CT molecular complexity index is 653. The van der Waals surface area contributed by atoms with Gasteiger partial charge in [-0.15, -0.1) is 0 Å². The zero-order valence-corrected chi connectivity index (χ0v) is 14.0. The smallest absolute Gasteiger partial charge is 0.333 e. The lowest BCUT2D eigenvalue weighted by Crippen LogP contribution is -2.31. The summed E-state index contributed by atoms with van der Waals surface area (Å²) in [6.45, 7) is 4.34. The molecular formula is C21H23NO2. The molecule has 1 atom stereocenters. The predicted octanol–water partition coefficient (Wildman–Crippen LogP) is 3.95. The molecule has 0 aliphatic carbocycles. The van der Waals surface area contributed by atoms with Gasteiger partial charge in [-0.3, -0.25) is 4.90 Å². The summed E-state index contributed by atoms with van der Waals surface area (Å²) in [7, 11) is 0. The van der Waals surface area contributed by atoms with Crippen LogP contribution >= 0.6 is 0 Å². The zero-order chi connectivity index (χ0) is 16.8. The van der Waals surface area contributed by atoms with Gasteiger partial charge in [0.2, 0.25) is 0 Å². The van der Waals surface area contributed by atoms with Crippen molar-refractivity contribution in [3.05, 3.63) is 83.4 Å². The minimum Gasteiger partial charge on any atom is -0.462 e. The number of hydrogen-bond donors (Lipinski definition) is 0. The normalized spacial score (nSPS) is 17.2. The number of benzene rings is 2. The summed E-state index contributed by atoms with van der Waals surface area (Å²) in [5.74, 6) is -0.166. The Balaban J connectivity index is 1.79. The molecule has 0 bridgehead atoms. The van der Waals surface area contributed by atoms with Gasteiger partial charge in [0, 0.05) is 31.1 Å². The molecule has 2 aromatic rings. The van der Waals surface area contributed by atoms with E-state index in [1.807, 2.05) is 12.1 Å². The first-order valence-corrected chi connectivity index (χ1v) is 8.42. The van der Waals surface area contributed by atoms with Crippen LogP contribution in [-0.2, 0) is 22.6 Å². The summed E-state index contributed by atoms with van der Waals surface area (Å²) in [6.07, 6.45) is 2.77. The third-order valence-corrected chi connectivity index (χ3v) is 4.34. The maximum absolute atomic E-state index is 11.7. The standard InChI is InChI=1S/C21H23NO2/c1-17(14-20-12-13-24-21(20)23)22(15-18-8-4-2-5-9-18)16-19-10-6-3-7-11-19/h2-11,14,17H,12-13,15-16H2,1H3/b20-14+/t17-/m0/s1. The predicted molar refractivity (Wildman–Crippen MR) is 95.3 cm³/mol. The summed E-state index contributed by atoms with van der Waals surface area (Å²) in [4.78, 5) is 14.1. The molecule has 0 spiro atoms. The summed E-state index contributed by atoms with van der Waals surface area (Å²) in [6, 6.07) is 21.0. The first-order chi connectivity index (χ1) is 11.7. The number of ether oxygens (including phenoxy) is 1. The largest absolute Gasteiger partial charge is 0.462 e. The first kappa shape index (κ1) is 16.5. The first-order valence-electron chi connectivity index (χ1n) is 8.42. The van der Waals surface area contributed by atoms with Crippen LogP contribution in [0.15, 0.2) is 72.3 Å².